The monoisotopic (exact) mass is 431 g/mol. The van der Waals surface area contributed by atoms with E-state index in [0.717, 1.165) is 21.6 Å². The third-order valence-electron chi connectivity index (χ3n) is 4.84. The van der Waals surface area contributed by atoms with E-state index < -0.39 is 11.5 Å². The van der Waals surface area contributed by atoms with E-state index in [1.807, 2.05) is 54.6 Å². The number of nitrogens with one attached hydrogen (secondary N) is 1. The molecule has 0 radical (unpaired) electrons. The molecule has 32 heavy (non-hydrogen) atoms. The molecule has 2 aromatic carbocycles. The number of rotatable bonds is 7. The summed E-state index contributed by atoms with van der Waals surface area (Å²) in [5.74, 6) is 0.260. The number of aryl methyl sites for hydroxylation is 1. The highest BCUT2D eigenvalue weighted by Gasteiger charge is 2.19. The molecule has 0 fully saturated rings. The minimum Gasteiger partial charge on any atom is -0.497 e. The Hall–Kier alpha value is -4.27. The minimum absolute atomic E-state index is 0.291. The lowest BCUT2D eigenvalue weighted by atomic mass is 10.1. The number of hydrazone groups is 1. The van der Waals surface area contributed by atoms with E-state index in [-0.39, 0.29) is 6.54 Å². The number of carbonyl (C=O) groups excluding carboxylic acids is 1. The molecule has 4 rings (SSSR count). The molecular formula is C23H21N5O4. The van der Waals surface area contributed by atoms with Crippen molar-refractivity contribution >= 4 is 23.1 Å². The summed E-state index contributed by atoms with van der Waals surface area (Å²) < 4.78 is 11.7. The first-order valence-electron chi connectivity index (χ1n) is 9.91. The zero-order chi connectivity index (χ0) is 22.5. The van der Waals surface area contributed by atoms with Crippen molar-refractivity contribution in [1.82, 2.24) is 20.4 Å². The average Bonchev–Trinajstić information content (AvgIpc) is 3.20. The van der Waals surface area contributed by atoms with Crippen molar-refractivity contribution in [1.29, 1.82) is 0 Å². The van der Waals surface area contributed by atoms with Gasteiger partial charge in [-0.2, -0.15) is 10.2 Å². The molecule has 0 aliphatic carbocycles. The third kappa shape index (κ3) is 4.56. The number of aromatic nitrogens is 3. The molecule has 2 heterocycles. The summed E-state index contributed by atoms with van der Waals surface area (Å²) in [5, 5.41) is 12.5. The molecule has 0 atom stereocenters. The molecule has 0 bridgehead atoms. The highest BCUT2D eigenvalue weighted by Crippen LogP contribution is 2.20. The summed E-state index contributed by atoms with van der Waals surface area (Å²) >= 11 is 0. The second-order valence-electron chi connectivity index (χ2n) is 7.11. The van der Waals surface area contributed by atoms with Gasteiger partial charge >= 0.3 is 0 Å². The Kier molecular flexibility index (Phi) is 6.07. The van der Waals surface area contributed by atoms with Crippen LogP contribution in [0.3, 0.4) is 0 Å². The maximum Gasteiger partial charge on any atom is 0.280 e. The number of benzene rings is 2. The van der Waals surface area contributed by atoms with Gasteiger partial charge in [-0.05, 0) is 30.2 Å². The van der Waals surface area contributed by atoms with Crippen LogP contribution in [0.5, 0.6) is 5.75 Å². The average molecular weight is 431 g/mol. The summed E-state index contributed by atoms with van der Waals surface area (Å²) in [4.78, 5) is 25.3. The molecule has 9 nitrogen and oxygen atoms in total. The largest absolute Gasteiger partial charge is 0.497 e. The molecule has 9 heteroatoms. The Morgan fingerprint density at radius 2 is 1.94 bits per heavy atom. The number of ether oxygens (including phenoxy) is 1. The SMILES string of the molecule is COc1ccc(Cc2nn(CC(=O)N/N=C/c3ccccc3)c(=O)c3c(C)noc23)cc1. The smallest absolute Gasteiger partial charge is 0.280 e. The first kappa shape index (κ1) is 21.0. The van der Waals surface area contributed by atoms with E-state index in [1.165, 1.54) is 6.21 Å². The van der Waals surface area contributed by atoms with Crippen molar-refractivity contribution in [2.24, 2.45) is 5.10 Å². The Labute approximate surface area is 183 Å². The number of fused-ring (bicyclic) bond motifs is 1. The fourth-order valence-corrected chi connectivity index (χ4v) is 3.23. The zero-order valence-electron chi connectivity index (χ0n) is 17.6. The van der Waals surface area contributed by atoms with Crippen LogP contribution in [0.2, 0.25) is 0 Å². The molecule has 0 unspecified atom stereocenters. The molecule has 0 saturated heterocycles. The van der Waals surface area contributed by atoms with Gasteiger partial charge in [0.25, 0.3) is 11.5 Å². The number of nitrogens with zero attached hydrogens (tertiary/aromatic N) is 4. The quantitative estimate of drug-likeness (QED) is 0.355. The maximum atomic E-state index is 12.9. The van der Waals surface area contributed by atoms with Crippen molar-refractivity contribution in [2.75, 3.05) is 7.11 Å². The summed E-state index contributed by atoms with van der Waals surface area (Å²) in [6.45, 7) is 1.39. The van der Waals surface area contributed by atoms with Crippen LogP contribution >= 0.6 is 0 Å². The number of hydrogen-bond acceptors (Lipinski definition) is 7. The first-order chi connectivity index (χ1) is 15.5. The highest BCUT2D eigenvalue weighted by molar-refractivity contribution is 5.83. The number of methoxy groups -OCH3 is 1. The van der Waals surface area contributed by atoms with Gasteiger partial charge in [-0.3, -0.25) is 9.59 Å². The van der Waals surface area contributed by atoms with E-state index in [2.05, 4.69) is 20.8 Å². The van der Waals surface area contributed by atoms with Crippen molar-refractivity contribution in [3.63, 3.8) is 0 Å². The molecule has 1 amide bonds. The lowest BCUT2D eigenvalue weighted by molar-refractivity contribution is -0.121. The second-order valence-corrected chi connectivity index (χ2v) is 7.11. The van der Waals surface area contributed by atoms with Gasteiger partial charge in [-0.1, -0.05) is 47.6 Å². The van der Waals surface area contributed by atoms with Gasteiger partial charge in [0.1, 0.15) is 23.4 Å². The lowest BCUT2D eigenvalue weighted by Crippen LogP contribution is -2.32. The van der Waals surface area contributed by atoms with Crippen LogP contribution < -0.4 is 15.7 Å². The number of hydrogen-bond donors (Lipinski definition) is 1. The minimum atomic E-state index is -0.476. The third-order valence-corrected chi connectivity index (χ3v) is 4.84. The predicted octanol–water partition coefficient (Wildman–Crippen LogP) is 2.44. The Morgan fingerprint density at radius 1 is 1.19 bits per heavy atom. The van der Waals surface area contributed by atoms with Crippen molar-refractivity contribution in [3.8, 4) is 5.75 Å². The van der Waals surface area contributed by atoms with Crippen molar-refractivity contribution in [2.45, 2.75) is 19.9 Å². The molecule has 1 N–H and O–H groups in total. The molecule has 2 aromatic heterocycles. The summed E-state index contributed by atoms with van der Waals surface area (Å²) in [6.07, 6.45) is 1.92. The molecule has 0 spiro atoms. The van der Waals surface area contributed by atoms with E-state index in [0.29, 0.717) is 28.8 Å². The van der Waals surface area contributed by atoms with E-state index >= 15 is 0 Å². The molecule has 0 aliphatic rings. The zero-order valence-corrected chi connectivity index (χ0v) is 17.6. The molecule has 0 aliphatic heterocycles. The standard InChI is InChI=1S/C23H21N5O4/c1-15-21-22(32-27-15)19(12-16-8-10-18(31-2)11-9-16)26-28(23(21)30)14-20(29)25-24-13-17-6-4-3-5-7-17/h3-11,13H,12,14H2,1-2H3,(H,25,29)/b24-13+. The van der Waals surface area contributed by atoms with Crippen LogP contribution in [-0.4, -0.2) is 34.2 Å². The second kappa shape index (κ2) is 9.25. The predicted molar refractivity (Wildman–Crippen MR) is 119 cm³/mol. The maximum absolute atomic E-state index is 12.9. The fraction of sp³-hybridized carbons (Fsp3) is 0.174. The van der Waals surface area contributed by atoms with Gasteiger partial charge in [-0.15, -0.1) is 0 Å². The van der Waals surface area contributed by atoms with Gasteiger partial charge in [0.15, 0.2) is 5.58 Å². The summed E-state index contributed by atoms with van der Waals surface area (Å²) in [7, 11) is 1.60. The Morgan fingerprint density at radius 3 is 2.66 bits per heavy atom. The Bertz CT molecular complexity index is 1320. The Balaban J connectivity index is 1.58. The number of carbonyl (C=O) groups is 1. The van der Waals surface area contributed by atoms with Crippen LogP contribution in [0.4, 0.5) is 0 Å². The van der Waals surface area contributed by atoms with Crippen LogP contribution in [0.1, 0.15) is 22.5 Å². The van der Waals surface area contributed by atoms with E-state index in [9.17, 15) is 9.59 Å². The van der Waals surface area contributed by atoms with Crippen LogP contribution in [0, 0.1) is 6.92 Å². The summed E-state index contributed by atoms with van der Waals surface area (Å²) in [5.41, 5.74) is 5.03. The molecule has 4 aromatic rings. The van der Waals surface area contributed by atoms with Crippen molar-refractivity contribution in [3.05, 3.63) is 87.5 Å². The fourth-order valence-electron chi connectivity index (χ4n) is 3.23. The van der Waals surface area contributed by atoms with Gasteiger partial charge in [0.05, 0.1) is 19.0 Å². The number of amides is 1. The summed E-state index contributed by atoms with van der Waals surface area (Å²) in [6, 6.07) is 16.8. The van der Waals surface area contributed by atoms with Gasteiger partial charge in [-0.25, -0.2) is 10.1 Å². The molecular weight excluding hydrogens is 410 g/mol. The normalized spacial score (nSPS) is 11.2. The van der Waals surface area contributed by atoms with E-state index in [1.54, 1.807) is 14.0 Å². The van der Waals surface area contributed by atoms with Gasteiger partial charge < -0.3 is 9.26 Å². The van der Waals surface area contributed by atoms with Crippen LogP contribution in [-0.2, 0) is 17.8 Å². The van der Waals surface area contributed by atoms with Crippen LogP contribution in [0.15, 0.2) is 69.0 Å². The lowest BCUT2D eigenvalue weighted by Gasteiger charge is -2.08. The van der Waals surface area contributed by atoms with Gasteiger partial charge in [0, 0.05) is 6.42 Å². The highest BCUT2D eigenvalue weighted by atomic mass is 16.5. The first-order valence-corrected chi connectivity index (χ1v) is 9.91. The van der Waals surface area contributed by atoms with Gasteiger partial charge in [0.2, 0.25) is 0 Å². The molecule has 0 saturated carbocycles. The van der Waals surface area contributed by atoms with Crippen LogP contribution in [0.25, 0.3) is 11.0 Å². The topological polar surface area (TPSA) is 112 Å². The van der Waals surface area contributed by atoms with Crippen molar-refractivity contribution < 1.29 is 14.1 Å². The van der Waals surface area contributed by atoms with E-state index in [4.69, 9.17) is 9.26 Å². The molecule has 162 valence electrons.